The summed E-state index contributed by atoms with van der Waals surface area (Å²) in [5.74, 6) is -12.8. The largest absolute Gasteiger partial charge is 0.484 e. The number of rotatable bonds is 6. The second-order valence-corrected chi connectivity index (χ2v) is 5.43. The van der Waals surface area contributed by atoms with E-state index in [9.17, 15) is 26.7 Å². The Hall–Kier alpha value is -2.29. The van der Waals surface area contributed by atoms with E-state index in [0.29, 0.717) is 4.90 Å². The molecule has 0 atom stereocenters. The van der Waals surface area contributed by atoms with Crippen LogP contribution < -0.4 is 4.74 Å². The summed E-state index contributed by atoms with van der Waals surface area (Å²) in [4.78, 5) is 12.6. The molecular weight excluding hydrogens is 367 g/mol. The van der Waals surface area contributed by atoms with E-state index in [-0.39, 0.29) is 5.56 Å². The first-order valence-corrected chi connectivity index (χ1v) is 8.05. The van der Waals surface area contributed by atoms with Crippen molar-refractivity contribution in [3.63, 3.8) is 0 Å². The first-order valence-electron chi connectivity index (χ1n) is 6.82. The molecule has 25 heavy (non-hydrogen) atoms. The lowest BCUT2D eigenvalue weighted by Crippen LogP contribution is -2.15. The molecule has 2 rings (SSSR count). The fourth-order valence-electron chi connectivity index (χ4n) is 1.88. The smallest absolute Gasteiger partial charge is 0.339 e. The molecule has 0 unspecified atom stereocenters. The number of thioether (sulfide) groups is 1. The lowest BCUT2D eigenvalue weighted by Gasteiger charge is -2.11. The molecular formula is C16H11F5O3S. The lowest BCUT2D eigenvalue weighted by molar-refractivity contribution is 0.0440. The topological polar surface area (TPSA) is 35.5 Å². The van der Waals surface area contributed by atoms with Gasteiger partial charge in [0, 0.05) is 4.90 Å². The molecule has 0 saturated carbocycles. The molecule has 0 aromatic heterocycles. The van der Waals surface area contributed by atoms with Gasteiger partial charge in [-0.15, -0.1) is 11.8 Å². The fraction of sp³-hybridized carbons (Fsp3) is 0.188. The molecule has 0 aliphatic heterocycles. The Kier molecular flexibility index (Phi) is 6.24. The number of carbonyl (C=O) groups is 1. The summed E-state index contributed by atoms with van der Waals surface area (Å²) >= 11 is 1.32. The molecule has 0 heterocycles. The van der Waals surface area contributed by atoms with Gasteiger partial charge >= 0.3 is 5.97 Å². The van der Waals surface area contributed by atoms with Crippen molar-refractivity contribution >= 4 is 17.7 Å². The summed E-state index contributed by atoms with van der Waals surface area (Å²) in [5.41, 5.74) is 0.284. The van der Waals surface area contributed by atoms with Crippen molar-refractivity contribution in [2.24, 2.45) is 0 Å². The van der Waals surface area contributed by atoms with Crippen LogP contribution in [0.25, 0.3) is 0 Å². The van der Waals surface area contributed by atoms with Crippen LogP contribution in [0.15, 0.2) is 29.2 Å². The van der Waals surface area contributed by atoms with Crippen LogP contribution in [0.2, 0.25) is 0 Å². The summed E-state index contributed by atoms with van der Waals surface area (Å²) in [6.07, 6.45) is 1.76. The minimum Gasteiger partial charge on any atom is -0.484 e. The molecule has 0 amide bonds. The number of ether oxygens (including phenoxy) is 2. The van der Waals surface area contributed by atoms with Crippen LogP contribution in [-0.4, -0.2) is 25.4 Å². The van der Waals surface area contributed by atoms with Crippen LogP contribution in [0.1, 0.15) is 10.4 Å². The number of carbonyl (C=O) groups excluding carboxylic acids is 1. The summed E-state index contributed by atoms with van der Waals surface area (Å²) in [6, 6.07) is 6.59. The minimum atomic E-state index is -2.28. The zero-order valence-electron chi connectivity index (χ0n) is 12.7. The van der Waals surface area contributed by atoms with Gasteiger partial charge in [0.05, 0.1) is 5.56 Å². The zero-order chi connectivity index (χ0) is 18.6. The molecule has 0 saturated heterocycles. The van der Waals surface area contributed by atoms with Crippen molar-refractivity contribution in [1.82, 2.24) is 0 Å². The Morgan fingerprint density at radius 2 is 1.48 bits per heavy atom. The Morgan fingerprint density at radius 3 is 2.08 bits per heavy atom. The highest BCUT2D eigenvalue weighted by Gasteiger charge is 2.27. The average molecular weight is 378 g/mol. The molecule has 0 fully saturated rings. The first-order chi connectivity index (χ1) is 11.9. The van der Waals surface area contributed by atoms with Crippen molar-refractivity contribution in [3.8, 4) is 5.75 Å². The van der Waals surface area contributed by atoms with Crippen molar-refractivity contribution in [2.75, 3.05) is 19.5 Å². The number of halogens is 5. The van der Waals surface area contributed by atoms with Gasteiger partial charge in [0.15, 0.2) is 5.75 Å². The quantitative estimate of drug-likeness (QED) is 0.187. The summed E-state index contributed by atoms with van der Waals surface area (Å²) < 4.78 is 75.1. The third-order valence-electron chi connectivity index (χ3n) is 3.06. The Labute approximate surface area is 143 Å². The van der Waals surface area contributed by atoms with Gasteiger partial charge in [-0.1, -0.05) is 12.1 Å². The van der Waals surface area contributed by atoms with Crippen molar-refractivity contribution < 1.29 is 36.2 Å². The Morgan fingerprint density at radius 1 is 0.920 bits per heavy atom. The maximum atomic E-state index is 13.4. The Bertz CT molecular complexity index is 769. The second-order valence-electron chi connectivity index (χ2n) is 4.58. The van der Waals surface area contributed by atoms with E-state index in [1.807, 2.05) is 0 Å². The highest BCUT2D eigenvalue weighted by molar-refractivity contribution is 7.98. The van der Waals surface area contributed by atoms with Gasteiger partial charge in [-0.3, -0.25) is 0 Å². The van der Waals surface area contributed by atoms with Crippen molar-refractivity contribution in [2.45, 2.75) is 4.90 Å². The van der Waals surface area contributed by atoms with Crippen molar-refractivity contribution in [3.05, 3.63) is 58.9 Å². The van der Waals surface area contributed by atoms with Crippen LogP contribution in [0, 0.1) is 29.1 Å². The number of hydrogen-bond donors (Lipinski definition) is 0. The highest BCUT2D eigenvalue weighted by atomic mass is 32.2. The van der Waals surface area contributed by atoms with E-state index in [2.05, 4.69) is 4.74 Å². The molecule has 0 aliphatic rings. The second kappa shape index (κ2) is 8.19. The van der Waals surface area contributed by atoms with E-state index in [4.69, 9.17) is 4.74 Å². The standard InChI is InChI=1S/C16H11F5O3S/c1-25-9-5-3-2-4-8(9)16(22)24-7-6-23-15-13(20)11(18)10(17)12(19)14(15)21/h2-5H,6-7H2,1H3. The van der Waals surface area contributed by atoms with Gasteiger partial charge in [0.2, 0.25) is 29.1 Å². The number of benzene rings is 2. The van der Waals surface area contributed by atoms with Gasteiger partial charge in [-0.05, 0) is 18.4 Å². The van der Waals surface area contributed by atoms with E-state index < -0.39 is 54.0 Å². The normalized spacial score (nSPS) is 10.6. The molecule has 134 valence electrons. The van der Waals surface area contributed by atoms with Gasteiger partial charge in [0.1, 0.15) is 13.2 Å². The third kappa shape index (κ3) is 4.04. The first kappa shape index (κ1) is 19.0. The zero-order valence-corrected chi connectivity index (χ0v) is 13.6. The maximum Gasteiger partial charge on any atom is 0.339 e. The molecule has 3 nitrogen and oxygen atoms in total. The minimum absolute atomic E-state index is 0.284. The number of hydrogen-bond acceptors (Lipinski definition) is 4. The van der Waals surface area contributed by atoms with E-state index in [1.54, 1.807) is 24.5 Å². The SMILES string of the molecule is CSc1ccccc1C(=O)OCCOc1c(F)c(F)c(F)c(F)c1F. The van der Waals surface area contributed by atoms with Crippen LogP contribution in [0.3, 0.4) is 0 Å². The molecule has 0 aliphatic carbocycles. The highest BCUT2D eigenvalue weighted by Crippen LogP contribution is 2.29. The van der Waals surface area contributed by atoms with Gasteiger partial charge in [-0.25, -0.2) is 18.0 Å². The predicted octanol–water partition coefficient (Wildman–Crippen LogP) is 4.34. The van der Waals surface area contributed by atoms with Gasteiger partial charge in [0.25, 0.3) is 0 Å². The molecule has 0 radical (unpaired) electrons. The van der Waals surface area contributed by atoms with Crippen LogP contribution >= 0.6 is 11.8 Å². The fourth-order valence-corrected chi connectivity index (χ4v) is 2.47. The summed E-state index contributed by atoms with van der Waals surface area (Å²) in [6.45, 7) is -1.04. The predicted molar refractivity (Wildman–Crippen MR) is 80.2 cm³/mol. The van der Waals surface area contributed by atoms with E-state index in [0.717, 1.165) is 0 Å². The summed E-state index contributed by atoms with van der Waals surface area (Å²) in [5, 5.41) is 0. The molecule has 2 aromatic rings. The van der Waals surface area contributed by atoms with Crippen LogP contribution in [-0.2, 0) is 4.74 Å². The molecule has 2 aromatic carbocycles. The van der Waals surface area contributed by atoms with Crippen molar-refractivity contribution in [1.29, 1.82) is 0 Å². The van der Waals surface area contributed by atoms with E-state index >= 15 is 0 Å². The van der Waals surface area contributed by atoms with Crippen LogP contribution in [0.5, 0.6) is 5.75 Å². The number of esters is 1. The molecule has 0 spiro atoms. The van der Waals surface area contributed by atoms with Gasteiger partial charge < -0.3 is 9.47 Å². The monoisotopic (exact) mass is 378 g/mol. The molecule has 9 heteroatoms. The Balaban J connectivity index is 1.99. The molecule has 0 N–H and O–H groups in total. The average Bonchev–Trinajstić information content (AvgIpc) is 2.63. The third-order valence-corrected chi connectivity index (χ3v) is 3.86. The van der Waals surface area contributed by atoms with E-state index in [1.165, 1.54) is 17.8 Å². The maximum absolute atomic E-state index is 13.4. The molecule has 0 bridgehead atoms. The lowest BCUT2D eigenvalue weighted by atomic mass is 10.2. The van der Waals surface area contributed by atoms with Crippen LogP contribution in [0.4, 0.5) is 22.0 Å². The summed E-state index contributed by atoms with van der Waals surface area (Å²) in [7, 11) is 0. The van der Waals surface area contributed by atoms with Gasteiger partial charge in [-0.2, -0.15) is 8.78 Å².